The molecule has 0 fully saturated rings. The molecule has 0 bridgehead atoms. The maximum Gasteiger partial charge on any atom is 0.344 e. The molecule has 1 unspecified atom stereocenters. The van der Waals surface area contributed by atoms with Crippen LogP contribution >= 0.6 is 0 Å². The summed E-state index contributed by atoms with van der Waals surface area (Å²) in [6.45, 7) is 1.55. The van der Waals surface area contributed by atoms with E-state index in [-0.39, 0.29) is 5.92 Å². The smallest absolute Gasteiger partial charge is 0.344 e. The van der Waals surface area contributed by atoms with E-state index in [4.69, 9.17) is 19.4 Å². The van der Waals surface area contributed by atoms with Gasteiger partial charge in [-0.2, -0.15) is 0 Å². The highest BCUT2D eigenvalue weighted by molar-refractivity contribution is 6.03. The Morgan fingerprint density at radius 1 is 1.19 bits per heavy atom. The maximum absolute atomic E-state index is 10.7. The molecule has 7 nitrogen and oxygen atoms in total. The first-order chi connectivity index (χ1) is 12.5. The van der Waals surface area contributed by atoms with E-state index in [0.717, 1.165) is 11.1 Å². The highest BCUT2D eigenvalue weighted by atomic mass is 16.6. The number of carboxylic acid groups (broad SMARTS) is 1. The molecule has 1 aromatic carbocycles. The first kappa shape index (κ1) is 19.2. The number of rotatable bonds is 9. The number of benzene rings is 1. The minimum atomic E-state index is -1.09. The number of pyridine rings is 1. The second-order valence-electron chi connectivity index (χ2n) is 5.66. The fourth-order valence-electron chi connectivity index (χ4n) is 2.50. The molecule has 1 heterocycles. The SMILES string of the molecule is COc1ccc(/C(CC(C)c2ccncc2)=N/OCC(=O)O)c(OC)c1. The molecule has 0 aliphatic heterocycles. The van der Waals surface area contributed by atoms with Crippen LogP contribution < -0.4 is 9.47 Å². The van der Waals surface area contributed by atoms with Crippen LogP contribution in [0.2, 0.25) is 0 Å². The Hall–Kier alpha value is -3.09. The Morgan fingerprint density at radius 3 is 2.54 bits per heavy atom. The zero-order valence-electron chi connectivity index (χ0n) is 15.0. The predicted octanol–water partition coefficient (Wildman–Crippen LogP) is 3.10. The Kier molecular flexibility index (Phi) is 6.96. The van der Waals surface area contributed by atoms with Crippen LogP contribution in [-0.4, -0.2) is 42.6 Å². The van der Waals surface area contributed by atoms with Gasteiger partial charge in [0.05, 0.1) is 19.9 Å². The van der Waals surface area contributed by atoms with Gasteiger partial charge in [0.1, 0.15) is 11.5 Å². The Balaban J connectivity index is 2.33. The minimum Gasteiger partial charge on any atom is -0.497 e. The molecule has 0 radical (unpaired) electrons. The first-order valence-electron chi connectivity index (χ1n) is 8.08. The molecule has 1 atom stereocenters. The van der Waals surface area contributed by atoms with Crippen molar-refractivity contribution < 1.29 is 24.2 Å². The molecule has 2 rings (SSSR count). The summed E-state index contributed by atoms with van der Waals surface area (Å²) in [5, 5.41) is 12.8. The number of methoxy groups -OCH3 is 2. The van der Waals surface area contributed by atoms with Crippen molar-refractivity contribution in [2.75, 3.05) is 20.8 Å². The summed E-state index contributed by atoms with van der Waals surface area (Å²) in [6.07, 6.45) is 4.00. The molecule has 0 aliphatic carbocycles. The molecule has 26 heavy (non-hydrogen) atoms. The number of carboxylic acids is 1. The van der Waals surface area contributed by atoms with E-state index in [0.29, 0.717) is 23.6 Å². The molecule has 1 aromatic heterocycles. The van der Waals surface area contributed by atoms with Gasteiger partial charge in [-0.3, -0.25) is 4.98 Å². The first-order valence-corrected chi connectivity index (χ1v) is 8.08. The van der Waals surface area contributed by atoms with Gasteiger partial charge in [-0.05, 0) is 35.7 Å². The highest BCUT2D eigenvalue weighted by Gasteiger charge is 2.17. The van der Waals surface area contributed by atoms with Crippen LogP contribution in [0, 0.1) is 0 Å². The average Bonchev–Trinajstić information content (AvgIpc) is 2.67. The van der Waals surface area contributed by atoms with Crippen molar-refractivity contribution in [3.63, 3.8) is 0 Å². The molecular formula is C19H22N2O5. The summed E-state index contributed by atoms with van der Waals surface area (Å²) >= 11 is 0. The largest absolute Gasteiger partial charge is 0.497 e. The standard InChI is InChI=1S/C19H22N2O5/c1-13(14-6-8-20-9-7-14)10-17(21-26-12-19(22)23)16-5-4-15(24-2)11-18(16)25-3/h4-9,11,13H,10,12H2,1-3H3,(H,22,23)/b21-17+. The van der Waals surface area contributed by atoms with Crippen LogP contribution in [0.15, 0.2) is 47.9 Å². The summed E-state index contributed by atoms with van der Waals surface area (Å²) < 4.78 is 10.7. The third-order valence-corrected chi connectivity index (χ3v) is 3.86. The molecule has 138 valence electrons. The van der Waals surface area contributed by atoms with E-state index in [2.05, 4.69) is 17.1 Å². The number of aliphatic carboxylic acids is 1. The molecule has 1 N–H and O–H groups in total. The van der Waals surface area contributed by atoms with Crippen LogP contribution in [-0.2, 0) is 9.63 Å². The van der Waals surface area contributed by atoms with E-state index >= 15 is 0 Å². The van der Waals surface area contributed by atoms with Crippen molar-refractivity contribution >= 4 is 11.7 Å². The third-order valence-electron chi connectivity index (χ3n) is 3.86. The topological polar surface area (TPSA) is 90.2 Å². The molecule has 0 amide bonds. The summed E-state index contributed by atoms with van der Waals surface area (Å²) in [7, 11) is 3.13. The Labute approximate surface area is 152 Å². The molecular weight excluding hydrogens is 336 g/mol. The fourth-order valence-corrected chi connectivity index (χ4v) is 2.50. The van der Waals surface area contributed by atoms with Crippen molar-refractivity contribution in [2.45, 2.75) is 19.3 Å². The normalized spacial score (nSPS) is 12.3. The number of hydrogen-bond donors (Lipinski definition) is 1. The van der Waals surface area contributed by atoms with Crippen LogP contribution in [0.1, 0.15) is 30.4 Å². The predicted molar refractivity (Wildman–Crippen MR) is 96.9 cm³/mol. The van der Waals surface area contributed by atoms with Gasteiger partial charge in [-0.15, -0.1) is 0 Å². The van der Waals surface area contributed by atoms with Crippen LogP contribution in [0.25, 0.3) is 0 Å². The van der Waals surface area contributed by atoms with Gasteiger partial charge >= 0.3 is 5.97 Å². The van der Waals surface area contributed by atoms with Crippen molar-refractivity contribution in [2.24, 2.45) is 5.16 Å². The lowest BCUT2D eigenvalue weighted by Crippen LogP contribution is -2.11. The number of aromatic nitrogens is 1. The van der Waals surface area contributed by atoms with Crippen LogP contribution in [0.3, 0.4) is 0 Å². The molecule has 0 aliphatic rings. The number of nitrogens with zero attached hydrogens (tertiary/aromatic N) is 2. The molecule has 0 saturated carbocycles. The number of oxime groups is 1. The lowest BCUT2D eigenvalue weighted by molar-refractivity contribution is -0.142. The molecule has 0 saturated heterocycles. The van der Waals surface area contributed by atoms with E-state index in [1.54, 1.807) is 38.7 Å². The maximum atomic E-state index is 10.7. The van der Waals surface area contributed by atoms with Crippen molar-refractivity contribution in [1.29, 1.82) is 0 Å². The Bertz CT molecular complexity index is 762. The molecule has 0 spiro atoms. The summed E-state index contributed by atoms with van der Waals surface area (Å²) in [4.78, 5) is 19.7. The van der Waals surface area contributed by atoms with Crippen molar-refractivity contribution in [1.82, 2.24) is 4.98 Å². The van der Waals surface area contributed by atoms with Gasteiger partial charge in [-0.1, -0.05) is 12.1 Å². The second-order valence-corrected chi connectivity index (χ2v) is 5.66. The summed E-state index contributed by atoms with van der Waals surface area (Å²) in [5.41, 5.74) is 2.41. The average molecular weight is 358 g/mol. The van der Waals surface area contributed by atoms with Gasteiger partial charge in [-0.25, -0.2) is 4.79 Å². The third kappa shape index (κ3) is 5.20. The zero-order valence-corrected chi connectivity index (χ0v) is 15.0. The molecule has 2 aromatic rings. The van der Waals surface area contributed by atoms with Crippen LogP contribution in [0.4, 0.5) is 0 Å². The van der Waals surface area contributed by atoms with E-state index in [1.165, 1.54) is 0 Å². The van der Waals surface area contributed by atoms with Gasteiger partial charge < -0.3 is 19.4 Å². The van der Waals surface area contributed by atoms with E-state index < -0.39 is 12.6 Å². The second kappa shape index (κ2) is 9.41. The minimum absolute atomic E-state index is 0.122. The number of carbonyl (C=O) groups is 1. The van der Waals surface area contributed by atoms with Crippen molar-refractivity contribution in [3.05, 3.63) is 53.9 Å². The molecule has 7 heteroatoms. The van der Waals surface area contributed by atoms with Crippen molar-refractivity contribution in [3.8, 4) is 11.5 Å². The lowest BCUT2D eigenvalue weighted by atomic mass is 9.93. The zero-order chi connectivity index (χ0) is 18.9. The monoisotopic (exact) mass is 358 g/mol. The van der Waals surface area contributed by atoms with Gasteiger partial charge in [0, 0.05) is 30.4 Å². The highest BCUT2D eigenvalue weighted by Crippen LogP contribution is 2.29. The quantitative estimate of drug-likeness (QED) is 0.547. The van der Waals surface area contributed by atoms with E-state index in [9.17, 15) is 4.79 Å². The van der Waals surface area contributed by atoms with Gasteiger partial charge in [0.15, 0.2) is 0 Å². The summed E-state index contributed by atoms with van der Waals surface area (Å²) in [6, 6.07) is 9.23. The van der Waals surface area contributed by atoms with Crippen LogP contribution in [0.5, 0.6) is 11.5 Å². The number of hydrogen-bond acceptors (Lipinski definition) is 6. The van der Waals surface area contributed by atoms with Gasteiger partial charge in [0.2, 0.25) is 6.61 Å². The number of ether oxygens (including phenoxy) is 2. The fraction of sp³-hybridized carbons (Fsp3) is 0.316. The lowest BCUT2D eigenvalue weighted by Gasteiger charge is -2.16. The summed E-state index contributed by atoms with van der Waals surface area (Å²) in [5.74, 6) is 0.261. The Morgan fingerprint density at radius 2 is 1.92 bits per heavy atom. The van der Waals surface area contributed by atoms with Gasteiger partial charge in [0.25, 0.3) is 0 Å². The van der Waals surface area contributed by atoms with E-state index in [1.807, 2.05) is 18.2 Å².